The molecule has 4 aliphatic rings. The number of aromatic hydroxyl groups is 1. The van der Waals surface area contributed by atoms with Gasteiger partial charge in [0.1, 0.15) is 5.75 Å². The van der Waals surface area contributed by atoms with Crippen LogP contribution in [0.2, 0.25) is 0 Å². The van der Waals surface area contributed by atoms with E-state index < -0.39 is 11.0 Å². The van der Waals surface area contributed by atoms with E-state index in [9.17, 15) is 15.3 Å². The first-order valence-corrected chi connectivity index (χ1v) is 12.0. The lowest BCUT2D eigenvalue weighted by Crippen LogP contribution is -2.73. The van der Waals surface area contributed by atoms with Crippen molar-refractivity contribution in [2.24, 2.45) is 5.92 Å². The van der Waals surface area contributed by atoms with Crippen LogP contribution >= 0.6 is 0 Å². The van der Waals surface area contributed by atoms with Crippen LogP contribution in [0.5, 0.6) is 5.75 Å². The van der Waals surface area contributed by atoms with Crippen molar-refractivity contribution in [3.05, 3.63) is 64.7 Å². The molecule has 3 aliphatic carbocycles. The summed E-state index contributed by atoms with van der Waals surface area (Å²) in [7, 11) is 0. The Kier molecular flexibility index (Phi) is 4.51. The smallest absolute Gasteiger partial charge is 0.116 e. The van der Waals surface area contributed by atoms with Crippen molar-refractivity contribution < 1.29 is 15.3 Å². The molecule has 4 nitrogen and oxygen atoms in total. The monoisotopic (exact) mass is 419 g/mol. The van der Waals surface area contributed by atoms with Crippen LogP contribution in [0.25, 0.3) is 0 Å². The molecule has 3 fully saturated rings. The van der Waals surface area contributed by atoms with Crippen LogP contribution in [-0.2, 0) is 18.3 Å². The maximum absolute atomic E-state index is 12.3. The Hall–Kier alpha value is -1.88. The third-order valence-corrected chi connectivity index (χ3v) is 8.76. The number of rotatable bonds is 4. The minimum absolute atomic E-state index is 0.0981. The van der Waals surface area contributed by atoms with Crippen LogP contribution in [0.15, 0.2) is 42.5 Å². The first-order valence-electron chi connectivity index (χ1n) is 12.0. The normalized spacial score (nSPS) is 34.8. The van der Waals surface area contributed by atoms with Crippen LogP contribution in [0, 0.1) is 5.92 Å². The molecule has 164 valence electrons. The summed E-state index contributed by atoms with van der Waals surface area (Å²) in [6, 6.07) is 14.4. The van der Waals surface area contributed by atoms with Gasteiger partial charge in [-0.1, -0.05) is 30.3 Å². The Morgan fingerprint density at radius 3 is 2.61 bits per heavy atom. The van der Waals surface area contributed by atoms with Gasteiger partial charge in [-0.3, -0.25) is 4.90 Å². The largest absolute Gasteiger partial charge is 0.508 e. The lowest BCUT2D eigenvalue weighted by Gasteiger charge is -2.64. The summed E-state index contributed by atoms with van der Waals surface area (Å²) in [6.45, 7) is 2.06. The summed E-state index contributed by atoms with van der Waals surface area (Å²) in [4.78, 5) is 2.57. The minimum atomic E-state index is -0.829. The van der Waals surface area contributed by atoms with Crippen molar-refractivity contribution in [1.82, 2.24) is 4.90 Å². The quantitative estimate of drug-likeness (QED) is 0.709. The summed E-state index contributed by atoms with van der Waals surface area (Å²) in [5.41, 5.74) is 3.50. The average Bonchev–Trinajstić information content (AvgIpc) is 3.56. The second-order valence-electron chi connectivity index (χ2n) is 10.6. The first-order chi connectivity index (χ1) is 15.0. The van der Waals surface area contributed by atoms with Crippen LogP contribution in [-0.4, -0.2) is 51.1 Å². The van der Waals surface area contributed by atoms with Crippen LogP contribution in [0.3, 0.4) is 0 Å². The van der Waals surface area contributed by atoms with Gasteiger partial charge in [-0.05, 0) is 98.2 Å². The molecule has 6 rings (SSSR count). The van der Waals surface area contributed by atoms with E-state index in [2.05, 4.69) is 29.2 Å². The fourth-order valence-electron chi connectivity index (χ4n) is 7.08. The Morgan fingerprint density at radius 1 is 1.03 bits per heavy atom. The molecule has 4 atom stereocenters. The molecule has 0 spiro atoms. The fraction of sp³-hybridized carbons (Fsp3) is 0.556. The molecule has 0 amide bonds. The zero-order chi connectivity index (χ0) is 21.2. The molecule has 4 unspecified atom stereocenters. The number of hydrogen-bond donors (Lipinski definition) is 3. The number of phenols is 1. The predicted molar refractivity (Wildman–Crippen MR) is 120 cm³/mol. The molecule has 0 aromatic heterocycles. The number of nitrogens with zero attached hydrogens (tertiary/aromatic N) is 1. The molecule has 2 aromatic carbocycles. The molecule has 4 heteroatoms. The van der Waals surface area contributed by atoms with E-state index in [1.54, 1.807) is 0 Å². The van der Waals surface area contributed by atoms with Crippen molar-refractivity contribution in [1.29, 1.82) is 0 Å². The highest BCUT2D eigenvalue weighted by Crippen LogP contribution is 2.59. The van der Waals surface area contributed by atoms with Gasteiger partial charge < -0.3 is 15.3 Å². The van der Waals surface area contributed by atoms with Crippen LogP contribution in [0.1, 0.15) is 60.8 Å². The van der Waals surface area contributed by atoms with Gasteiger partial charge in [0.2, 0.25) is 0 Å². The number of hydrogen-bond acceptors (Lipinski definition) is 4. The van der Waals surface area contributed by atoms with E-state index in [-0.39, 0.29) is 17.9 Å². The molecule has 2 bridgehead atoms. The topological polar surface area (TPSA) is 63.9 Å². The van der Waals surface area contributed by atoms with E-state index >= 15 is 0 Å². The number of phenolic OH excluding ortho intramolecular Hbond substituents is 1. The molecule has 2 aromatic rings. The van der Waals surface area contributed by atoms with Crippen LogP contribution in [0.4, 0.5) is 0 Å². The summed E-state index contributed by atoms with van der Waals surface area (Å²) >= 11 is 0. The zero-order valence-electron chi connectivity index (χ0n) is 18.1. The fourth-order valence-corrected chi connectivity index (χ4v) is 7.08. The van der Waals surface area contributed by atoms with Gasteiger partial charge in [-0.2, -0.15) is 0 Å². The van der Waals surface area contributed by atoms with E-state index in [4.69, 9.17) is 0 Å². The lowest BCUT2D eigenvalue weighted by molar-refractivity contribution is -0.182. The Morgan fingerprint density at radius 2 is 1.84 bits per heavy atom. The molecule has 3 N–H and O–H groups in total. The Bertz CT molecular complexity index is 987. The minimum Gasteiger partial charge on any atom is -0.508 e. The second kappa shape index (κ2) is 7.06. The highest BCUT2D eigenvalue weighted by atomic mass is 16.3. The summed E-state index contributed by atoms with van der Waals surface area (Å²) in [5.74, 6) is 1.07. The van der Waals surface area contributed by atoms with Crippen LogP contribution < -0.4 is 0 Å². The third-order valence-electron chi connectivity index (χ3n) is 8.76. The molecule has 31 heavy (non-hydrogen) atoms. The predicted octanol–water partition coefficient (Wildman–Crippen LogP) is 3.54. The molecular formula is C27H33NO3. The number of fused-ring (bicyclic) bond motifs is 1. The number of aliphatic hydroxyl groups is 2. The number of aliphatic hydroxyl groups excluding tert-OH is 1. The Labute approximate surface area is 184 Å². The number of benzene rings is 2. The van der Waals surface area contributed by atoms with Gasteiger partial charge in [0.15, 0.2) is 0 Å². The summed E-state index contributed by atoms with van der Waals surface area (Å²) in [5, 5.41) is 33.7. The molecular weight excluding hydrogens is 386 g/mol. The second-order valence-corrected chi connectivity index (χ2v) is 10.6. The summed E-state index contributed by atoms with van der Waals surface area (Å²) in [6.07, 6.45) is 6.61. The lowest BCUT2D eigenvalue weighted by atomic mass is 9.48. The van der Waals surface area contributed by atoms with E-state index in [0.717, 1.165) is 43.8 Å². The van der Waals surface area contributed by atoms with Gasteiger partial charge in [-0.15, -0.1) is 0 Å². The van der Waals surface area contributed by atoms with E-state index in [1.807, 2.05) is 18.2 Å². The SMILES string of the molecule is Oc1cc(Cc2ccccc2)c2c(c1)C13CCN(CC4CC4)C(C2)C1(O)CCC(O)C3. The van der Waals surface area contributed by atoms with Gasteiger partial charge in [0.05, 0.1) is 11.7 Å². The number of piperidine rings is 1. The van der Waals surface area contributed by atoms with Crippen molar-refractivity contribution >= 4 is 0 Å². The maximum Gasteiger partial charge on any atom is 0.116 e. The molecule has 1 aliphatic heterocycles. The first kappa shape index (κ1) is 19.8. The molecule has 1 heterocycles. The van der Waals surface area contributed by atoms with Gasteiger partial charge in [-0.25, -0.2) is 0 Å². The standard InChI is InChI=1S/C27H33NO3/c29-21-8-9-27(31)25-15-23-20(12-18-4-2-1-3-5-18)13-22(30)14-24(23)26(27,16-21)10-11-28(25)17-19-6-7-19/h1-5,13-14,19,21,25,29-31H,6-12,15-17H2. The van der Waals surface area contributed by atoms with Crippen molar-refractivity contribution in [3.63, 3.8) is 0 Å². The van der Waals surface area contributed by atoms with Gasteiger partial charge >= 0.3 is 0 Å². The highest BCUT2D eigenvalue weighted by Gasteiger charge is 2.64. The van der Waals surface area contributed by atoms with E-state index in [0.29, 0.717) is 19.3 Å². The van der Waals surface area contributed by atoms with Crippen molar-refractivity contribution in [2.75, 3.05) is 13.1 Å². The Balaban J connectivity index is 1.49. The third kappa shape index (κ3) is 3.06. The molecule has 2 saturated carbocycles. The van der Waals surface area contributed by atoms with Crippen molar-refractivity contribution in [3.8, 4) is 5.75 Å². The van der Waals surface area contributed by atoms with Gasteiger partial charge in [0.25, 0.3) is 0 Å². The summed E-state index contributed by atoms with van der Waals surface area (Å²) < 4.78 is 0. The zero-order valence-corrected chi connectivity index (χ0v) is 18.1. The van der Waals surface area contributed by atoms with Gasteiger partial charge in [0, 0.05) is 18.0 Å². The maximum atomic E-state index is 12.3. The molecule has 1 saturated heterocycles. The average molecular weight is 420 g/mol. The van der Waals surface area contributed by atoms with E-state index in [1.165, 1.54) is 29.5 Å². The highest BCUT2D eigenvalue weighted by molar-refractivity contribution is 5.53. The van der Waals surface area contributed by atoms with Crippen molar-refractivity contribution in [2.45, 2.75) is 74.5 Å². The molecule has 0 radical (unpaired) electrons. The number of likely N-dealkylation sites (tertiary alicyclic amines) is 1.